The molecule has 0 N–H and O–H groups in total. The first-order chi connectivity index (χ1) is 9.72. The van der Waals surface area contributed by atoms with E-state index in [0.29, 0.717) is 19.6 Å². The molecular formula is C17H32O4. The van der Waals surface area contributed by atoms with Crippen molar-refractivity contribution in [2.75, 3.05) is 13.2 Å². The molecule has 0 aromatic heterocycles. The molecular weight excluding hydrogens is 268 g/mol. The summed E-state index contributed by atoms with van der Waals surface area (Å²) in [4.78, 5) is 21.7. The number of carbonyl (C=O) groups excluding carboxylic acids is 2. The van der Waals surface area contributed by atoms with Crippen LogP contribution in [0.25, 0.3) is 0 Å². The van der Waals surface area contributed by atoms with Crippen LogP contribution in [0.4, 0.5) is 0 Å². The molecule has 21 heavy (non-hydrogen) atoms. The van der Waals surface area contributed by atoms with Gasteiger partial charge in [0.15, 0.2) is 0 Å². The number of carbonyl (C=O) groups is 2. The lowest BCUT2D eigenvalue weighted by Crippen LogP contribution is -2.17. The third kappa shape index (κ3) is 14.9. The first kappa shape index (κ1) is 22.0. The molecule has 0 fully saturated rings. The predicted octanol–water partition coefficient (Wildman–Crippen LogP) is 4.28. The van der Waals surface area contributed by atoms with Crippen molar-refractivity contribution < 1.29 is 19.1 Å². The van der Waals surface area contributed by atoms with E-state index in [1.165, 1.54) is 6.08 Å². The van der Waals surface area contributed by atoms with E-state index in [4.69, 9.17) is 9.47 Å². The van der Waals surface area contributed by atoms with E-state index in [1.54, 1.807) is 6.92 Å². The Bertz CT molecular complexity index is 330. The first-order valence-electron chi connectivity index (χ1n) is 7.71. The maximum atomic E-state index is 11.0. The van der Waals surface area contributed by atoms with Crippen LogP contribution < -0.4 is 0 Å². The predicted molar refractivity (Wildman–Crippen MR) is 86.0 cm³/mol. The smallest absolute Gasteiger partial charge is 0.330 e. The minimum absolute atomic E-state index is 0.0839. The Morgan fingerprint density at radius 2 is 1.52 bits per heavy atom. The minimum Gasteiger partial charge on any atom is -0.466 e. The number of rotatable bonds is 7. The molecule has 4 heteroatoms. The van der Waals surface area contributed by atoms with Gasteiger partial charge in [0.25, 0.3) is 0 Å². The van der Waals surface area contributed by atoms with E-state index in [9.17, 15) is 9.59 Å². The Kier molecular flexibility index (Phi) is 13.0. The zero-order valence-corrected chi connectivity index (χ0v) is 14.7. The summed E-state index contributed by atoms with van der Waals surface area (Å²) in [5.41, 5.74) is 1.14. The van der Waals surface area contributed by atoms with Crippen molar-refractivity contribution in [3.05, 3.63) is 11.6 Å². The maximum absolute atomic E-state index is 11.0. The molecule has 0 aromatic carbocycles. The number of hydrogen-bond acceptors (Lipinski definition) is 4. The second-order valence-corrected chi connectivity index (χ2v) is 5.60. The van der Waals surface area contributed by atoms with Gasteiger partial charge in [0.2, 0.25) is 0 Å². The summed E-state index contributed by atoms with van der Waals surface area (Å²) < 4.78 is 9.54. The lowest BCUT2D eigenvalue weighted by Gasteiger charge is -2.20. The summed E-state index contributed by atoms with van der Waals surface area (Å²) in [5.74, 6) is -0.318. The first-order valence-corrected chi connectivity index (χ1v) is 7.71. The summed E-state index contributed by atoms with van der Waals surface area (Å²) in [6.07, 6.45) is 3.96. The maximum Gasteiger partial charge on any atom is 0.330 e. The van der Waals surface area contributed by atoms with Crippen LogP contribution in [0.1, 0.15) is 67.7 Å². The number of ether oxygens (including phenoxy) is 2. The second kappa shape index (κ2) is 12.4. The van der Waals surface area contributed by atoms with E-state index in [-0.39, 0.29) is 17.4 Å². The average Bonchev–Trinajstić information content (AvgIpc) is 2.39. The van der Waals surface area contributed by atoms with Gasteiger partial charge in [-0.2, -0.15) is 0 Å². The SMILES string of the molecule is CCOC(=O)/C=C(/C)CC.CCOC(=O)CC(C)(C)CC. The van der Waals surface area contributed by atoms with Crippen molar-refractivity contribution in [1.29, 1.82) is 0 Å². The van der Waals surface area contributed by atoms with E-state index < -0.39 is 0 Å². The molecule has 0 aliphatic carbocycles. The lowest BCUT2D eigenvalue weighted by molar-refractivity contribution is -0.145. The summed E-state index contributed by atoms with van der Waals surface area (Å²) >= 11 is 0. The van der Waals surface area contributed by atoms with Gasteiger partial charge in [-0.05, 0) is 32.6 Å². The van der Waals surface area contributed by atoms with Gasteiger partial charge in [-0.15, -0.1) is 0 Å². The zero-order valence-electron chi connectivity index (χ0n) is 14.7. The van der Waals surface area contributed by atoms with Gasteiger partial charge in [-0.1, -0.05) is 39.7 Å². The molecule has 0 rings (SSSR count). The highest BCUT2D eigenvalue weighted by Gasteiger charge is 2.20. The van der Waals surface area contributed by atoms with E-state index in [1.807, 2.05) is 20.8 Å². The molecule has 0 heterocycles. The van der Waals surface area contributed by atoms with E-state index in [2.05, 4.69) is 20.8 Å². The molecule has 0 spiro atoms. The fourth-order valence-electron chi connectivity index (χ4n) is 1.21. The highest BCUT2D eigenvalue weighted by molar-refractivity contribution is 5.82. The largest absolute Gasteiger partial charge is 0.466 e. The van der Waals surface area contributed by atoms with Crippen molar-refractivity contribution in [3.63, 3.8) is 0 Å². The van der Waals surface area contributed by atoms with Crippen LogP contribution in [-0.4, -0.2) is 25.2 Å². The van der Waals surface area contributed by atoms with Gasteiger partial charge in [-0.25, -0.2) is 4.79 Å². The Morgan fingerprint density at radius 3 is 1.90 bits per heavy atom. The van der Waals surface area contributed by atoms with Crippen molar-refractivity contribution >= 4 is 11.9 Å². The summed E-state index contributed by atoms with van der Waals surface area (Å²) in [6.45, 7) is 14.7. The van der Waals surface area contributed by atoms with Crippen molar-refractivity contribution in [2.24, 2.45) is 5.41 Å². The quantitative estimate of drug-likeness (QED) is 0.520. The normalized spacial score (nSPS) is 11.3. The zero-order chi connectivity index (χ0) is 16.9. The standard InChI is InChI=1S/C9H18O2.C8H14O2/c1-5-9(3,4)7-8(10)11-6-2;1-4-7(3)6-8(9)10-5-2/h5-7H2,1-4H3;6H,4-5H2,1-3H3/b;7-6-. The van der Waals surface area contributed by atoms with Gasteiger partial charge in [0.05, 0.1) is 19.6 Å². The molecule has 0 aromatic rings. The monoisotopic (exact) mass is 300 g/mol. The van der Waals surface area contributed by atoms with Crippen LogP contribution in [0, 0.1) is 5.41 Å². The van der Waals surface area contributed by atoms with Crippen molar-refractivity contribution in [3.8, 4) is 0 Å². The fraction of sp³-hybridized carbons (Fsp3) is 0.765. The van der Waals surface area contributed by atoms with Crippen LogP contribution in [0.2, 0.25) is 0 Å². The molecule has 0 atom stereocenters. The minimum atomic E-state index is -0.234. The third-order valence-corrected chi connectivity index (χ3v) is 3.09. The summed E-state index contributed by atoms with van der Waals surface area (Å²) in [7, 11) is 0. The summed E-state index contributed by atoms with van der Waals surface area (Å²) in [5, 5.41) is 0. The second-order valence-electron chi connectivity index (χ2n) is 5.60. The molecule has 0 saturated heterocycles. The van der Waals surface area contributed by atoms with Crippen LogP contribution in [0.5, 0.6) is 0 Å². The van der Waals surface area contributed by atoms with Crippen LogP contribution >= 0.6 is 0 Å². The van der Waals surface area contributed by atoms with Gasteiger partial charge < -0.3 is 9.47 Å². The summed E-state index contributed by atoms with van der Waals surface area (Å²) in [6, 6.07) is 0. The molecule has 0 aliphatic rings. The molecule has 0 aliphatic heterocycles. The van der Waals surface area contributed by atoms with Gasteiger partial charge in [0.1, 0.15) is 0 Å². The van der Waals surface area contributed by atoms with Gasteiger partial charge in [0, 0.05) is 6.08 Å². The van der Waals surface area contributed by atoms with E-state index in [0.717, 1.165) is 18.4 Å². The lowest BCUT2D eigenvalue weighted by atomic mass is 9.87. The highest BCUT2D eigenvalue weighted by atomic mass is 16.5. The number of hydrogen-bond donors (Lipinski definition) is 0. The highest BCUT2D eigenvalue weighted by Crippen LogP contribution is 2.24. The molecule has 0 radical (unpaired) electrons. The molecule has 0 saturated carbocycles. The average molecular weight is 300 g/mol. The van der Waals surface area contributed by atoms with Crippen molar-refractivity contribution in [1.82, 2.24) is 0 Å². The molecule has 124 valence electrons. The number of esters is 2. The number of allylic oxidation sites excluding steroid dienone is 1. The topological polar surface area (TPSA) is 52.6 Å². The molecule has 0 amide bonds. The van der Waals surface area contributed by atoms with Crippen LogP contribution in [0.15, 0.2) is 11.6 Å². The molecule has 0 unspecified atom stereocenters. The van der Waals surface area contributed by atoms with Gasteiger partial charge >= 0.3 is 11.9 Å². The third-order valence-electron chi connectivity index (χ3n) is 3.09. The van der Waals surface area contributed by atoms with Crippen LogP contribution in [0.3, 0.4) is 0 Å². The van der Waals surface area contributed by atoms with Crippen molar-refractivity contribution in [2.45, 2.75) is 67.7 Å². The Labute approximate surface area is 129 Å². The Hall–Kier alpha value is -1.32. The Balaban J connectivity index is 0. The van der Waals surface area contributed by atoms with E-state index >= 15 is 0 Å². The molecule has 4 nitrogen and oxygen atoms in total. The van der Waals surface area contributed by atoms with Gasteiger partial charge in [-0.3, -0.25) is 4.79 Å². The molecule has 0 bridgehead atoms. The van der Waals surface area contributed by atoms with Crippen LogP contribution in [-0.2, 0) is 19.1 Å². The Morgan fingerprint density at radius 1 is 1.00 bits per heavy atom. The fourth-order valence-corrected chi connectivity index (χ4v) is 1.21.